The normalized spacial score (nSPS) is 15.1. The highest BCUT2D eigenvalue weighted by Crippen LogP contribution is 2.36. The molecule has 3 heterocycles. The molecule has 12 heteroatoms. The first kappa shape index (κ1) is 25.3. The maximum absolute atomic E-state index is 13.3. The van der Waals surface area contributed by atoms with Crippen LogP contribution in [-0.2, 0) is 11.3 Å². The van der Waals surface area contributed by atoms with E-state index in [9.17, 15) is 9.59 Å². The maximum atomic E-state index is 13.3. The Bertz CT molecular complexity index is 1400. The molecule has 196 valence electrons. The molecule has 0 unspecified atom stereocenters. The molecule has 10 nitrogen and oxygen atoms in total. The number of nitrogens with zero attached hydrogens (tertiary/aromatic N) is 4. The number of fused-ring (bicyclic) bond motifs is 2. The SMILES string of the molecule is CCn1c(N2CCN(C(=O)COc3cc(OC)c(Cl)cc3Cl)CC2)nc2cc3c(cc2c1=O)OCCO3. The highest BCUT2D eigenvalue weighted by atomic mass is 35.5. The lowest BCUT2D eigenvalue weighted by Gasteiger charge is -2.36. The maximum Gasteiger partial charge on any atom is 0.262 e. The number of carbonyl (C=O) groups excluding carboxylic acids is 1. The Balaban J connectivity index is 1.29. The van der Waals surface area contributed by atoms with Gasteiger partial charge in [-0.05, 0) is 19.1 Å². The van der Waals surface area contributed by atoms with Crippen LogP contribution in [-0.4, -0.2) is 73.5 Å². The number of piperazine rings is 1. The van der Waals surface area contributed by atoms with Crippen molar-refractivity contribution in [2.45, 2.75) is 13.5 Å². The van der Waals surface area contributed by atoms with Gasteiger partial charge in [0.1, 0.15) is 24.7 Å². The molecule has 0 atom stereocenters. The van der Waals surface area contributed by atoms with Gasteiger partial charge in [-0.25, -0.2) is 4.98 Å². The molecular weight excluding hydrogens is 523 g/mol. The van der Waals surface area contributed by atoms with Crippen molar-refractivity contribution < 1.29 is 23.7 Å². The number of methoxy groups -OCH3 is 1. The van der Waals surface area contributed by atoms with Crippen LogP contribution < -0.4 is 29.4 Å². The van der Waals surface area contributed by atoms with E-state index in [1.54, 1.807) is 27.7 Å². The first-order chi connectivity index (χ1) is 17.9. The summed E-state index contributed by atoms with van der Waals surface area (Å²) in [6.45, 7) is 5.04. The number of halogens is 2. The van der Waals surface area contributed by atoms with Crippen LogP contribution in [0.25, 0.3) is 10.9 Å². The predicted octanol–water partition coefficient (Wildman–Crippen LogP) is 3.23. The summed E-state index contributed by atoms with van der Waals surface area (Å²) in [6.07, 6.45) is 0. The molecule has 1 fully saturated rings. The highest BCUT2D eigenvalue weighted by Gasteiger charge is 2.26. The van der Waals surface area contributed by atoms with Gasteiger partial charge in [0.15, 0.2) is 18.1 Å². The third-order valence-corrected chi connectivity index (χ3v) is 6.98. The number of hydrogen-bond donors (Lipinski definition) is 0. The van der Waals surface area contributed by atoms with Gasteiger partial charge in [0.25, 0.3) is 11.5 Å². The van der Waals surface area contributed by atoms with E-state index in [0.717, 1.165) is 0 Å². The minimum absolute atomic E-state index is 0.137. The number of anilines is 1. The lowest BCUT2D eigenvalue weighted by molar-refractivity contribution is -0.133. The van der Waals surface area contributed by atoms with Crippen molar-refractivity contribution in [2.75, 3.05) is 58.0 Å². The number of rotatable bonds is 6. The van der Waals surface area contributed by atoms with Gasteiger partial charge in [-0.3, -0.25) is 14.2 Å². The molecule has 2 aliphatic heterocycles. The molecule has 1 aromatic heterocycles. The average molecular weight is 549 g/mol. The monoisotopic (exact) mass is 548 g/mol. The van der Waals surface area contributed by atoms with Crippen molar-refractivity contribution in [1.29, 1.82) is 0 Å². The fraction of sp³-hybridized carbons (Fsp3) is 0.400. The van der Waals surface area contributed by atoms with Crippen LogP contribution in [0.4, 0.5) is 5.95 Å². The van der Waals surface area contributed by atoms with E-state index in [1.165, 1.54) is 13.2 Å². The van der Waals surface area contributed by atoms with E-state index in [1.807, 2.05) is 11.8 Å². The lowest BCUT2D eigenvalue weighted by Crippen LogP contribution is -2.51. The number of hydrogen-bond acceptors (Lipinski definition) is 8. The Morgan fingerprint density at radius 3 is 2.35 bits per heavy atom. The summed E-state index contributed by atoms with van der Waals surface area (Å²) in [4.78, 5) is 34.7. The van der Waals surface area contributed by atoms with Crippen LogP contribution >= 0.6 is 23.2 Å². The van der Waals surface area contributed by atoms with Gasteiger partial charge >= 0.3 is 0 Å². The quantitative estimate of drug-likeness (QED) is 0.463. The molecule has 0 bridgehead atoms. The molecule has 0 aliphatic carbocycles. The van der Waals surface area contributed by atoms with Gasteiger partial charge in [-0.2, -0.15) is 0 Å². The molecule has 1 amide bonds. The van der Waals surface area contributed by atoms with Crippen LogP contribution in [0, 0.1) is 0 Å². The standard InChI is InChI=1S/C25H26Cl2N4O6/c1-3-31-24(33)15-10-21-22(36-9-8-35-21)12-18(15)28-25(31)30-6-4-29(5-7-30)23(32)14-37-20-13-19(34-2)16(26)11-17(20)27/h10-13H,3-9,14H2,1-2H3. The molecule has 3 aromatic rings. The van der Waals surface area contributed by atoms with E-state index < -0.39 is 0 Å². The van der Waals surface area contributed by atoms with E-state index in [0.29, 0.717) is 95.8 Å². The fourth-order valence-corrected chi connectivity index (χ4v) is 4.95. The third kappa shape index (κ3) is 4.95. The second-order valence-electron chi connectivity index (χ2n) is 8.55. The summed E-state index contributed by atoms with van der Waals surface area (Å²) in [6, 6.07) is 6.52. The minimum atomic E-state index is -0.175. The fourth-order valence-electron chi connectivity index (χ4n) is 4.44. The zero-order chi connectivity index (χ0) is 26.1. The van der Waals surface area contributed by atoms with Gasteiger partial charge < -0.3 is 28.7 Å². The van der Waals surface area contributed by atoms with E-state index in [-0.39, 0.29) is 18.1 Å². The molecule has 1 saturated heterocycles. The molecule has 5 rings (SSSR count). The molecule has 0 saturated carbocycles. The third-order valence-electron chi connectivity index (χ3n) is 6.39. The summed E-state index contributed by atoms with van der Waals surface area (Å²) in [5, 5.41) is 1.13. The second kappa shape index (κ2) is 10.5. The van der Waals surface area contributed by atoms with Crippen LogP contribution in [0.3, 0.4) is 0 Å². The van der Waals surface area contributed by atoms with Crippen molar-refractivity contribution in [1.82, 2.24) is 14.5 Å². The summed E-state index contributed by atoms with van der Waals surface area (Å²) in [7, 11) is 1.49. The van der Waals surface area contributed by atoms with Gasteiger partial charge in [0.05, 0.1) is 28.1 Å². The van der Waals surface area contributed by atoms with Crippen molar-refractivity contribution in [2.24, 2.45) is 0 Å². The van der Waals surface area contributed by atoms with Crippen molar-refractivity contribution in [3.05, 3.63) is 44.7 Å². The summed E-state index contributed by atoms with van der Waals surface area (Å²) < 4.78 is 23.8. The van der Waals surface area contributed by atoms with Crippen molar-refractivity contribution in [3.63, 3.8) is 0 Å². The van der Waals surface area contributed by atoms with Gasteiger partial charge in [-0.1, -0.05) is 23.2 Å². The smallest absolute Gasteiger partial charge is 0.262 e. The van der Waals surface area contributed by atoms with Crippen molar-refractivity contribution in [3.8, 4) is 23.0 Å². The number of amides is 1. The highest BCUT2D eigenvalue weighted by molar-refractivity contribution is 6.36. The van der Waals surface area contributed by atoms with Crippen LogP contribution in [0.5, 0.6) is 23.0 Å². The minimum Gasteiger partial charge on any atom is -0.495 e. The summed E-state index contributed by atoms with van der Waals surface area (Å²) in [5.41, 5.74) is 0.415. The number of aromatic nitrogens is 2. The Hall–Kier alpha value is -3.37. The Labute approximate surface area is 223 Å². The lowest BCUT2D eigenvalue weighted by atomic mass is 10.2. The zero-order valence-corrected chi connectivity index (χ0v) is 22.0. The number of benzene rings is 2. The second-order valence-corrected chi connectivity index (χ2v) is 9.36. The molecule has 2 aromatic carbocycles. The predicted molar refractivity (Wildman–Crippen MR) is 140 cm³/mol. The molecular formula is C25H26Cl2N4O6. The first-order valence-electron chi connectivity index (χ1n) is 11.9. The molecule has 37 heavy (non-hydrogen) atoms. The topological polar surface area (TPSA) is 95.4 Å². The van der Waals surface area contributed by atoms with E-state index in [4.69, 9.17) is 47.1 Å². The van der Waals surface area contributed by atoms with E-state index >= 15 is 0 Å². The van der Waals surface area contributed by atoms with E-state index in [2.05, 4.69) is 0 Å². The average Bonchev–Trinajstić information content (AvgIpc) is 2.91. The Kier molecular flexibility index (Phi) is 7.21. The number of carbonyl (C=O) groups is 1. The van der Waals surface area contributed by atoms with Crippen LogP contribution in [0.2, 0.25) is 10.0 Å². The van der Waals surface area contributed by atoms with Gasteiger partial charge in [0, 0.05) is 44.9 Å². The largest absolute Gasteiger partial charge is 0.495 e. The van der Waals surface area contributed by atoms with Crippen LogP contribution in [0.1, 0.15) is 6.92 Å². The van der Waals surface area contributed by atoms with Crippen LogP contribution in [0.15, 0.2) is 29.1 Å². The molecule has 0 spiro atoms. The summed E-state index contributed by atoms with van der Waals surface area (Å²) >= 11 is 12.3. The van der Waals surface area contributed by atoms with Crippen molar-refractivity contribution >= 4 is 46.0 Å². The van der Waals surface area contributed by atoms with Gasteiger partial charge in [-0.15, -0.1) is 0 Å². The molecule has 0 radical (unpaired) electrons. The number of ether oxygens (including phenoxy) is 4. The summed E-state index contributed by atoms with van der Waals surface area (Å²) in [5.74, 6) is 2.26. The molecule has 2 aliphatic rings. The Morgan fingerprint density at radius 1 is 1.00 bits per heavy atom. The zero-order valence-electron chi connectivity index (χ0n) is 20.5. The first-order valence-corrected chi connectivity index (χ1v) is 12.7. The molecule has 0 N–H and O–H groups in total. The van der Waals surface area contributed by atoms with Gasteiger partial charge in [0.2, 0.25) is 5.95 Å². The Morgan fingerprint density at radius 2 is 1.68 bits per heavy atom.